The molecule has 12 heavy (non-hydrogen) atoms. The summed E-state index contributed by atoms with van der Waals surface area (Å²) in [4.78, 5) is 0.402. The standard InChI is InChI=1S/C9H17NOS/c1-3-11-8-4-9(5-8)10-6-7(2)12-9/h7-8,10H,3-6H2,1-2H3. The fourth-order valence-electron chi connectivity index (χ4n) is 2.07. The Morgan fingerprint density at radius 1 is 1.58 bits per heavy atom. The average Bonchev–Trinajstić information content (AvgIpc) is 2.31. The molecular formula is C9H17NOS. The Morgan fingerprint density at radius 3 is 2.83 bits per heavy atom. The summed E-state index contributed by atoms with van der Waals surface area (Å²) in [5, 5.41) is 4.38. The van der Waals surface area contributed by atoms with Gasteiger partial charge in [-0.2, -0.15) is 0 Å². The van der Waals surface area contributed by atoms with Crippen LogP contribution in [-0.4, -0.2) is 29.4 Å². The Labute approximate surface area is 78.4 Å². The van der Waals surface area contributed by atoms with Crippen molar-refractivity contribution in [1.82, 2.24) is 5.32 Å². The highest BCUT2D eigenvalue weighted by molar-refractivity contribution is 8.01. The van der Waals surface area contributed by atoms with Crippen molar-refractivity contribution in [3.63, 3.8) is 0 Å². The van der Waals surface area contributed by atoms with E-state index in [1.165, 1.54) is 19.4 Å². The molecule has 0 aromatic heterocycles. The van der Waals surface area contributed by atoms with Gasteiger partial charge >= 0.3 is 0 Å². The molecule has 0 radical (unpaired) electrons. The molecule has 1 saturated carbocycles. The van der Waals surface area contributed by atoms with E-state index in [9.17, 15) is 0 Å². The molecule has 1 N–H and O–H groups in total. The van der Waals surface area contributed by atoms with Crippen molar-refractivity contribution in [3.05, 3.63) is 0 Å². The Balaban J connectivity index is 1.79. The lowest BCUT2D eigenvalue weighted by molar-refractivity contribution is -0.0177. The highest BCUT2D eigenvalue weighted by Gasteiger charge is 2.49. The Morgan fingerprint density at radius 2 is 2.33 bits per heavy atom. The number of nitrogens with one attached hydrogen (secondary N) is 1. The smallest absolute Gasteiger partial charge is 0.0698 e. The van der Waals surface area contributed by atoms with Crippen LogP contribution in [0.2, 0.25) is 0 Å². The van der Waals surface area contributed by atoms with Gasteiger partial charge in [-0.25, -0.2) is 0 Å². The zero-order chi connectivity index (χ0) is 8.60. The van der Waals surface area contributed by atoms with E-state index in [0.29, 0.717) is 11.0 Å². The van der Waals surface area contributed by atoms with Crippen LogP contribution in [0.25, 0.3) is 0 Å². The number of hydrogen-bond acceptors (Lipinski definition) is 3. The molecule has 1 saturated heterocycles. The molecule has 0 bridgehead atoms. The summed E-state index contributed by atoms with van der Waals surface area (Å²) in [7, 11) is 0. The van der Waals surface area contributed by atoms with Crippen LogP contribution in [0.5, 0.6) is 0 Å². The van der Waals surface area contributed by atoms with Crippen LogP contribution >= 0.6 is 11.8 Å². The zero-order valence-electron chi connectivity index (χ0n) is 7.80. The van der Waals surface area contributed by atoms with Gasteiger partial charge in [0.25, 0.3) is 0 Å². The first-order valence-corrected chi connectivity index (χ1v) is 5.66. The van der Waals surface area contributed by atoms with E-state index < -0.39 is 0 Å². The third-order valence-electron chi connectivity index (χ3n) is 2.66. The molecule has 70 valence electrons. The molecule has 1 heterocycles. The van der Waals surface area contributed by atoms with Crippen LogP contribution in [0.15, 0.2) is 0 Å². The fourth-order valence-corrected chi connectivity index (χ4v) is 3.74. The quantitative estimate of drug-likeness (QED) is 0.709. The minimum absolute atomic E-state index is 0.402. The number of ether oxygens (including phenoxy) is 1. The zero-order valence-corrected chi connectivity index (χ0v) is 8.62. The Kier molecular flexibility index (Phi) is 2.36. The largest absolute Gasteiger partial charge is 0.378 e. The van der Waals surface area contributed by atoms with Gasteiger partial charge in [-0.3, -0.25) is 0 Å². The van der Waals surface area contributed by atoms with E-state index in [-0.39, 0.29) is 0 Å². The normalized spacial score (nSPS) is 46.5. The van der Waals surface area contributed by atoms with Crippen LogP contribution < -0.4 is 5.32 Å². The molecule has 2 fully saturated rings. The maximum atomic E-state index is 5.55. The van der Waals surface area contributed by atoms with Crippen LogP contribution in [-0.2, 0) is 4.74 Å². The van der Waals surface area contributed by atoms with Gasteiger partial charge in [0.15, 0.2) is 0 Å². The van der Waals surface area contributed by atoms with Crippen molar-refractivity contribution in [2.45, 2.75) is 42.9 Å². The van der Waals surface area contributed by atoms with Gasteiger partial charge in [-0.05, 0) is 6.92 Å². The maximum Gasteiger partial charge on any atom is 0.0698 e. The van der Waals surface area contributed by atoms with Gasteiger partial charge < -0.3 is 10.1 Å². The lowest BCUT2D eigenvalue weighted by Gasteiger charge is -2.44. The predicted octanol–water partition coefficient (Wildman–Crippen LogP) is 1.61. The molecule has 1 spiro atoms. The molecule has 1 unspecified atom stereocenters. The Bertz CT molecular complexity index is 168. The SMILES string of the molecule is CCOC1CC2(C1)NCC(C)S2. The minimum atomic E-state index is 0.402. The molecule has 2 rings (SSSR count). The fraction of sp³-hybridized carbons (Fsp3) is 1.00. The molecule has 1 aliphatic carbocycles. The summed E-state index contributed by atoms with van der Waals surface area (Å²) >= 11 is 2.09. The molecule has 1 atom stereocenters. The van der Waals surface area contributed by atoms with Crippen LogP contribution in [0.3, 0.4) is 0 Å². The van der Waals surface area contributed by atoms with E-state index in [1.807, 2.05) is 0 Å². The van der Waals surface area contributed by atoms with Crippen molar-refractivity contribution >= 4 is 11.8 Å². The van der Waals surface area contributed by atoms with E-state index >= 15 is 0 Å². The van der Waals surface area contributed by atoms with E-state index in [1.54, 1.807) is 0 Å². The van der Waals surface area contributed by atoms with Crippen molar-refractivity contribution < 1.29 is 4.74 Å². The van der Waals surface area contributed by atoms with Crippen molar-refractivity contribution in [3.8, 4) is 0 Å². The highest BCUT2D eigenvalue weighted by Crippen LogP contribution is 2.48. The molecule has 0 amide bonds. The highest BCUT2D eigenvalue weighted by atomic mass is 32.2. The average molecular weight is 187 g/mol. The first-order chi connectivity index (χ1) is 5.74. The number of rotatable bonds is 2. The van der Waals surface area contributed by atoms with E-state index in [0.717, 1.165) is 11.9 Å². The van der Waals surface area contributed by atoms with Crippen LogP contribution in [0, 0.1) is 0 Å². The van der Waals surface area contributed by atoms with Gasteiger partial charge in [0.1, 0.15) is 0 Å². The van der Waals surface area contributed by atoms with Gasteiger partial charge in [0, 0.05) is 31.2 Å². The molecule has 3 heteroatoms. The Hall–Kier alpha value is 0.270. The van der Waals surface area contributed by atoms with E-state index in [2.05, 4.69) is 30.9 Å². The van der Waals surface area contributed by atoms with Gasteiger partial charge in [0.05, 0.1) is 11.0 Å². The van der Waals surface area contributed by atoms with Crippen molar-refractivity contribution in [2.24, 2.45) is 0 Å². The first-order valence-electron chi connectivity index (χ1n) is 4.78. The van der Waals surface area contributed by atoms with Crippen LogP contribution in [0.1, 0.15) is 26.7 Å². The summed E-state index contributed by atoms with van der Waals surface area (Å²) in [5.41, 5.74) is 0. The second kappa shape index (κ2) is 3.20. The number of thioether (sulfide) groups is 1. The summed E-state index contributed by atoms with van der Waals surface area (Å²) in [6.45, 7) is 6.40. The van der Waals surface area contributed by atoms with Crippen LogP contribution in [0.4, 0.5) is 0 Å². The first kappa shape index (κ1) is 8.85. The second-order valence-electron chi connectivity index (χ2n) is 3.79. The summed E-state index contributed by atoms with van der Waals surface area (Å²) < 4.78 is 5.55. The lowest BCUT2D eigenvalue weighted by Crippen LogP contribution is -2.52. The van der Waals surface area contributed by atoms with Gasteiger partial charge in [-0.15, -0.1) is 11.8 Å². The van der Waals surface area contributed by atoms with Crippen molar-refractivity contribution in [2.75, 3.05) is 13.2 Å². The lowest BCUT2D eigenvalue weighted by atomic mass is 9.88. The molecule has 2 aliphatic rings. The molecule has 1 aliphatic heterocycles. The monoisotopic (exact) mass is 187 g/mol. The van der Waals surface area contributed by atoms with Crippen molar-refractivity contribution in [1.29, 1.82) is 0 Å². The third-order valence-corrected chi connectivity index (χ3v) is 4.15. The minimum Gasteiger partial charge on any atom is -0.378 e. The summed E-state index contributed by atoms with van der Waals surface area (Å²) in [5.74, 6) is 0. The predicted molar refractivity (Wildman–Crippen MR) is 52.4 cm³/mol. The third kappa shape index (κ3) is 1.50. The topological polar surface area (TPSA) is 21.3 Å². The maximum absolute atomic E-state index is 5.55. The molecular weight excluding hydrogens is 170 g/mol. The summed E-state index contributed by atoms with van der Waals surface area (Å²) in [6.07, 6.45) is 2.94. The van der Waals surface area contributed by atoms with Gasteiger partial charge in [0.2, 0.25) is 0 Å². The second-order valence-corrected chi connectivity index (χ2v) is 5.61. The van der Waals surface area contributed by atoms with Gasteiger partial charge in [-0.1, -0.05) is 6.92 Å². The van der Waals surface area contributed by atoms with E-state index in [4.69, 9.17) is 4.74 Å². The molecule has 0 aromatic carbocycles. The molecule has 2 nitrogen and oxygen atoms in total. The summed E-state index contributed by atoms with van der Waals surface area (Å²) in [6, 6.07) is 0. The molecule has 0 aromatic rings. The number of hydrogen-bond donors (Lipinski definition) is 1.